The van der Waals surface area contributed by atoms with E-state index in [1.54, 1.807) is 12.1 Å². The summed E-state index contributed by atoms with van der Waals surface area (Å²) < 4.78 is 13.5. The predicted molar refractivity (Wildman–Crippen MR) is 61.9 cm³/mol. The summed E-state index contributed by atoms with van der Waals surface area (Å²) in [6.45, 7) is 0.411. The van der Waals surface area contributed by atoms with Gasteiger partial charge in [0, 0.05) is 18.2 Å². The van der Waals surface area contributed by atoms with Crippen molar-refractivity contribution in [2.24, 2.45) is 0 Å². The average molecular weight is 244 g/mol. The summed E-state index contributed by atoms with van der Waals surface area (Å²) >= 11 is 5.69. The Morgan fingerprint density at radius 3 is 2.94 bits per heavy atom. The Balaban J connectivity index is 1.96. The second-order valence-electron chi connectivity index (χ2n) is 4.20. The van der Waals surface area contributed by atoms with Crippen LogP contribution in [-0.4, -0.2) is 17.3 Å². The molecule has 2 rings (SSSR count). The van der Waals surface area contributed by atoms with Crippen molar-refractivity contribution in [1.29, 1.82) is 0 Å². The third-order valence-corrected chi connectivity index (χ3v) is 3.36. The average Bonchev–Trinajstić information content (AvgIpc) is 2.67. The van der Waals surface area contributed by atoms with Crippen LogP contribution in [0.4, 0.5) is 4.39 Å². The Morgan fingerprint density at radius 1 is 1.44 bits per heavy atom. The quantitative estimate of drug-likeness (QED) is 0.855. The van der Waals surface area contributed by atoms with Gasteiger partial charge in [-0.25, -0.2) is 4.39 Å². The highest BCUT2D eigenvalue weighted by atomic mass is 35.5. The van der Waals surface area contributed by atoms with Crippen molar-refractivity contribution < 1.29 is 9.50 Å². The molecule has 2 atom stereocenters. The lowest BCUT2D eigenvalue weighted by atomic mass is 10.1. The summed E-state index contributed by atoms with van der Waals surface area (Å²) in [5.74, 6) is -0.371. The highest BCUT2D eigenvalue weighted by Crippen LogP contribution is 2.21. The lowest BCUT2D eigenvalue weighted by Crippen LogP contribution is -2.35. The molecule has 88 valence electrons. The number of aliphatic hydroxyl groups is 1. The molecule has 2 unspecified atom stereocenters. The molecule has 0 aromatic heterocycles. The van der Waals surface area contributed by atoms with Gasteiger partial charge < -0.3 is 10.4 Å². The van der Waals surface area contributed by atoms with Crippen molar-refractivity contribution in [3.8, 4) is 0 Å². The molecule has 1 aliphatic carbocycles. The first-order valence-electron chi connectivity index (χ1n) is 5.53. The van der Waals surface area contributed by atoms with Crippen LogP contribution in [0.15, 0.2) is 18.2 Å². The Morgan fingerprint density at radius 2 is 2.25 bits per heavy atom. The van der Waals surface area contributed by atoms with Crippen LogP contribution >= 0.6 is 11.6 Å². The van der Waals surface area contributed by atoms with Crippen molar-refractivity contribution in [3.05, 3.63) is 34.6 Å². The van der Waals surface area contributed by atoms with E-state index in [1.807, 2.05) is 0 Å². The van der Waals surface area contributed by atoms with Gasteiger partial charge in [-0.3, -0.25) is 0 Å². The Hall–Kier alpha value is -0.640. The maximum Gasteiger partial charge on any atom is 0.146 e. The smallest absolute Gasteiger partial charge is 0.146 e. The fraction of sp³-hybridized carbons (Fsp3) is 0.500. The third kappa shape index (κ3) is 2.54. The molecule has 1 fully saturated rings. The summed E-state index contributed by atoms with van der Waals surface area (Å²) in [7, 11) is 0. The van der Waals surface area contributed by atoms with E-state index in [0.29, 0.717) is 12.1 Å². The number of nitrogens with one attached hydrogen (secondary N) is 1. The predicted octanol–water partition coefficient (Wildman–Crippen LogP) is 2.48. The van der Waals surface area contributed by atoms with Gasteiger partial charge in [0.05, 0.1) is 11.1 Å². The molecule has 0 saturated heterocycles. The summed E-state index contributed by atoms with van der Waals surface area (Å²) in [6, 6.07) is 5.05. The first-order chi connectivity index (χ1) is 7.68. The lowest BCUT2D eigenvalue weighted by Gasteiger charge is -2.16. The minimum atomic E-state index is -0.371. The van der Waals surface area contributed by atoms with Crippen molar-refractivity contribution in [3.63, 3.8) is 0 Å². The fourth-order valence-corrected chi connectivity index (χ4v) is 2.30. The number of hydrogen-bond acceptors (Lipinski definition) is 2. The highest BCUT2D eigenvalue weighted by Gasteiger charge is 2.24. The number of aliphatic hydroxyl groups excluding tert-OH is 1. The van der Waals surface area contributed by atoms with Crippen molar-refractivity contribution in [2.75, 3.05) is 0 Å². The van der Waals surface area contributed by atoms with Crippen molar-refractivity contribution >= 4 is 11.6 Å². The van der Waals surface area contributed by atoms with Gasteiger partial charge in [0.25, 0.3) is 0 Å². The molecule has 0 bridgehead atoms. The Kier molecular flexibility index (Phi) is 3.79. The third-order valence-electron chi connectivity index (χ3n) is 3.07. The molecule has 0 spiro atoms. The molecule has 1 aromatic carbocycles. The van der Waals surface area contributed by atoms with Crippen LogP contribution < -0.4 is 5.32 Å². The van der Waals surface area contributed by atoms with Gasteiger partial charge in [0.15, 0.2) is 0 Å². The zero-order chi connectivity index (χ0) is 11.5. The van der Waals surface area contributed by atoms with Gasteiger partial charge in [-0.2, -0.15) is 0 Å². The topological polar surface area (TPSA) is 32.3 Å². The molecule has 2 nitrogen and oxygen atoms in total. The molecule has 1 aliphatic rings. The van der Waals surface area contributed by atoms with Crippen molar-refractivity contribution in [1.82, 2.24) is 5.32 Å². The van der Waals surface area contributed by atoms with E-state index in [2.05, 4.69) is 5.32 Å². The van der Waals surface area contributed by atoms with Crippen LogP contribution in [0.2, 0.25) is 5.02 Å². The number of benzene rings is 1. The zero-order valence-electron chi connectivity index (χ0n) is 8.92. The van der Waals surface area contributed by atoms with Crippen LogP contribution in [0.1, 0.15) is 24.8 Å². The Bertz CT molecular complexity index is 372. The van der Waals surface area contributed by atoms with E-state index in [9.17, 15) is 9.50 Å². The van der Waals surface area contributed by atoms with E-state index in [0.717, 1.165) is 19.3 Å². The van der Waals surface area contributed by atoms with Crippen LogP contribution in [0.25, 0.3) is 0 Å². The summed E-state index contributed by atoms with van der Waals surface area (Å²) in [6.07, 6.45) is 2.50. The molecule has 2 N–H and O–H groups in total. The van der Waals surface area contributed by atoms with Gasteiger partial charge in [-0.1, -0.05) is 23.7 Å². The SMILES string of the molecule is OC1CCCC1NCc1cccc(Cl)c1F. The van der Waals surface area contributed by atoms with Gasteiger partial charge in [0.2, 0.25) is 0 Å². The van der Waals surface area contributed by atoms with E-state index < -0.39 is 0 Å². The van der Waals surface area contributed by atoms with E-state index >= 15 is 0 Å². The maximum absolute atomic E-state index is 13.5. The van der Waals surface area contributed by atoms with Crippen LogP contribution in [-0.2, 0) is 6.54 Å². The minimum Gasteiger partial charge on any atom is -0.392 e. The molecule has 0 aliphatic heterocycles. The van der Waals surface area contributed by atoms with Crippen molar-refractivity contribution in [2.45, 2.75) is 38.0 Å². The summed E-state index contributed by atoms with van der Waals surface area (Å²) in [4.78, 5) is 0. The zero-order valence-corrected chi connectivity index (χ0v) is 9.67. The highest BCUT2D eigenvalue weighted by molar-refractivity contribution is 6.30. The molecule has 1 aromatic rings. The van der Waals surface area contributed by atoms with Gasteiger partial charge in [-0.05, 0) is 25.3 Å². The van der Waals surface area contributed by atoms with E-state index in [4.69, 9.17) is 11.6 Å². The largest absolute Gasteiger partial charge is 0.392 e. The van der Waals surface area contributed by atoms with Gasteiger partial charge in [-0.15, -0.1) is 0 Å². The first kappa shape index (κ1) is 11.8. The maximum atomic E-state index is 13.5. The monoisotopic (exact) mass is 243 g/mol. The Labute approximate surface area is 99.4 Å². The van der Waals surface area contributed by atoms with Gasteiger partial charge >= 0.3 is 0 Å². The second-order valence-corrected chi connectivity index (χ2v) is 4.61. The number of hydrogen-bond donors (Lipinski definition) is 2. The van der Waals surface area contributed by atoms with Crippen LogP contribution in [0.3, 0.4) is 0 Å². The molecule has 0 amide bonds. The van der Waals surface area contributed by atoms with Crippen LogP contribution in [0, 0.1) is 5.82 Å². The number of rotatable bonds is 3. The fourth-order valence-electron chi connectivity index (χ4n) is 2.10. The molecule has 0 radical (unpaired) electrons. The second kappa shape index (κ2) is 5.13. The molecule has 1 saturated carbocycles. The molecule has 0 heterocycles. The molecule has 4 heteroatoms. The molecular formula is C12H15ClFNO. The van der Waals surface area contributed by atoms with E-state index in [1.165, 1.54) is 6.07 Å². The lowest BCUT2D eigenvalue weighted by molar-refractivity contribution is 0.148. The molecular weight excluding hydrogens is 229 g/mol. The van der Waals surface area contributed by atoms with Crippen LogP contribution in [0.5, 0.6) is 0 Å². The minimum absolute atomic E-state index is 0.0818. The van der Waals surface area contributed by atoms with Gasteiger partial charge in [0.1, 0.15) is 5.82 Å². The summed E-state index contributed by atoms with van der Waals surface area (Å²) in [5.41, 5.74) is 0.548. The summed E-state index contributed by atoms with van der Waals surface area (Å²) in [5, 5.41) is 12.9. The normalized spacial score (nSPS) is 24.9. The molecule has 16 heavy (non-hydrogen) atoms. The first-order valence-corrected chi connectivity index (χ1v) is 5.90. The number of halogens is 2. The van der Waals surface area contributed by atoms with E-state index in [-0.39, 0.29) is 23.0 Å². The standard InChI is InChI=1S/C12H15ClFNO/c13-9-4-1-3-8(12(9)14)7-15-10-5-2-6-11(10)16/h1,3-4,10-11,15-16H,2,5-7H2.